The Hall–Kier alpha value is -7.15. The van der Waals surface area contributed by atoms with Gasteiger partial charge in [-0.2, -0.15) is 0 Å². The lowest BCUT2D eigenvalue weighted by atomic mass is 9.77. The average Bonchev–Trinajstić information content (AvgIpc) is 1.16. The van der Waals surface area contributed by atoms with Crippen LogP contribution < -0.4 is 37.6 Å². The number of carbonyl (C=O) groups excluding carboxylic acids is 7. The number of benzene rings is 3. The lowest BCUT2D eigenvalue weighted by Gasteiger charge is -2.31. The summed E-state index contributed by atoms with van der Waals surface area (Å²) in [5.74, 6) is 4.02. The molecule has 3 unspecified atom stereocenters. The number of carbonyl (C=O) groups is 7. The molecule has 0 bridgehead atoms. The summed E-state index contributed by atoms with van der Waals surface area (Å²) in [5.41, 5.74) is 6.71. The number of amides is 5. The molecule has 2 aliphatic carbocycles. The Morgan fingerprint density at radius 1 is 0.644 bits per heavy atom. The largest absolute Gasteiger partial charge is 0.465 e. The number of rotatable bonds is 12. The Kier molecular flexibility index (Phi) is 52.9. The lowest BCUT2D eigenvalue weighted by Crippen LogP contribution is -2.45. The monoisotopic (exact) mass is 1680 g/mol. The molecule has 8 rings (SSSR count). The average molecular weight is 1680 g/mol. The Morgan fingerprint density at radius 2 is 1.10 bits per heavy atom. The van der Waals surface area contributed by atoms with Crippen molar-refractivity contribution in [2.45, 2.75) is 307 Å². The van der Waals surface area contributed by atoms with E-state index in [2.05, 4.69) is 220 Å². The van der Waals surface area contributed by atoms with E-state index in [0.717, 1.165) is 53.0 Å². The standard InChI is InChI=1S/C25H25O3P.C16H24N2O3.C11H19NO.C9H13NS2.C8H14.C7H15NO.C7H14.C6H12.C6H10.C5H12.CH5N/c1-25(2,3)23(26)18-15-16-21(24(27)28-4)22(17-18)29(19-11-7-5-8-12-19)20-13-9-6-10-14-20;1-16(2,3)17-15(21)12-6-4-11(5-7-12)10-18-13(19)8-9-14(18)20;1-11(2,3)8-5-4-7-6-9(13)12-10(7)8;1-9(2,3)12-11-8-6-4-5-7-10-8;1-5-6-7-8(2,3)4;1-5-6(9)8-7(2,3)4;1-5-6-7(2,3)4;2*1-5-6(2,3)4;1-5(2,3)4;1-2/h5-17H,1-4H3;8-9,11-12H,4-7,10H2,1-3H3,(H,17,21);7-8,10H,4-6H2,1-3H3,(H,12,13);4-7H,1-3H3;5-7H,1H2,2-4H3;5H2,1-4H3,(H,8,9);5-6H,1-4H3;5H,1H2,2-4H3;1H,2-4H3;1-4H3;2H2,1H3/b;;;;7-6-;;;;;;. The maximum absolute atomic E-state index is 13.0. The van der Waals surface area contributed by atoms with Gasteiger partial charge in [0, 0.05) is 87.2 Å². The van der Waals surface area contributed by atoms with Gasteiger partial charge in [0.15, 0.2) is 5.78 Å². The summed E-state index contributed by atoms with van der Waals surface area (Å²) in [7, 11) is 5.42. The number of hydrogen-bond acceptors (Lipinski definition) is 12. The van der Waals surface area contributed by atoms with Crippen LogP contribution in [0.15, 0.2) is 170 Å². The minimum absolute atomic E-state index is 0.0474. The molecule has 17 heteroatoms. The van der Waals surface area contributed by atoms with Crippen molar-refractivity contribution in [3.63, 3.8) is 0 Å². The zero-order chi connectivity index (χ0) is 92.2. The number of aromatic nitrogens is 1. The highest BCUT2D eigenvalue weighted by atomic mass is 33.1. The van der Waals surface area contributed by atoms with Crippen molar-refractivity contribution in [2.75, 3.05) is 20.7 Å². The first-order valence-corrected chi connectivity index (χ1v) is 45.4. The highest BCUT2D eigenvalue weighted by Crippen LogP contribution is 2.46. The summed E-state index contributed by atoms with van der Waals surface area (Å²) in [6.45, 7) is 76.8. The molecule has 3 atom stereocenters. The molecule has 4 aromatic rings. The highest BCUT2D eigenvalue weighted by Gasteiger charge is 2.47. The summed E-state index contributed by atoms with van der Waals surface area (Å²) >= 11 is 0. The van der Waals surface area contributed by atoms with Crippen LogP contribution in [0.2, 0.25) is 0 Å². The first-order chi connectivity index (χ1) is 53.8. The normalized spacial score (nSPS) is 17.1. The van der Waals surface area contributed by atoms with Gasteiger partial charge in [-0.15, -0.1) is 18.9 Å². The summed E-state index contributed by atoms with van der Waals surface area (Å²) in [6, 6.07) is 32.0. The number of methoxy groups -OCH3 is 1. The fourth-order valence-electron chi connectivity index (χ4n) is 11.0. The third-order valence-electron chi connectivity index (χ3n) is 16.6. The van der Waals surface area contributed by atoms with Gasteiger partial charge in [-0.05, 0) is 213 Å². The van der Waals surface area contributed by atoms with Crippen LogP contribution in [-0.2, 0) is 28.7 Å². The van der Waals surface area contributed by atoms with E-state index in [1.807, 2.05) is 187 Å². The van der Waals surface area contributed by atoms with Crippen LogP contribution in [0.25, 0.3) is 0 Å². The van der Waals surface area contributed by atoms with Gasteiger partial charge in [0.25, 0.3) is 11.8 Å². The number of ketones is 1. The number of terminal acetylenes is 1. The van der Waals surface area contributed by atoms with E-state index in [0.29, 0.717) is 79.7 Å². The Balaban J connectivity index is -0.00000132. The van der Waals surface area contributed by atoms with Crippen molar-refractivity contribution in [3.8, 4) is 12.3 Å². The van der Waals surface area contributed by atoms with E-state index < -0.39 is 19.3 Å². The fourth-order valence-corrected chi connectivity index (χ4v) is 15.4. The predicted molar refractivity (Wildman–Crippen MR) is 514 cm³/mol. The van der Waals surface area contributed by atoms with Crippen molar-refractivity contribution in [2.24, 2.45) is 67.3 Å². The predicted octanol–water partition coefficient (Wildman–Crippen LogP) is 23.9. The second kappa shape index (κ2) is 54.3. The number of nitrogens with one attached hydrogen (secondary N) is 3. The molecule has 5 amide bonds. The van der Waals surface area contributed by atoms with Gasteiger partial charge < -0.3 is 26.4 Å². The number of esters is 1. The molecule has 1 saturated heterocycles. The minimum Gasteiger partial charge on any atom is -0.465 e. The number of pyridine rings is 1. The Labute approximate surface area is 729 Å². The van der Waals surface area contributed by atoms with E-state index in [1.165, 1.54) is 44.1 Å². The molecule has 3 fully saturated rings. The van der Waals surface area contributed by atoms with Gasteiger partial charge in [-0.3, -0.25) is 33.7 Å². The van der Waals surface area contributed by atoms with Gasteiger partial charge in [0.05, 0.1) is 12.7 Å². The van der Waals surface area contributed by atoms with Crippen molar-refractivity contribution in [3.05, 3.63) is 176 Å². The molecule has 1 aromatic heterocycles. The lowest BCUT2D eigenvalue weighted by molar-refractivity contribution is -0.138. The number of nitrogens with zero attached hydrogens (tertiary/aromatic N) is 2. The summed E-state index contributed by atoms with van der Waals surface area (Å²) in [4.78, 5) is 88.2. The Morgan fingerprint density at radius 3 is 1.43 bits per heavy atom. The molecule has 118 heavy (non-hydrogen) atoms. The van der Waals surface area contributed by atoms with Gasteiger partial charge in [0.2, 0.25) is 17.7 Å². The second-order valence-corrected chi connectivity index (χ2v) is 46.0. The van der Waals surface area contributed by atoms with Crippen LogP contribution in [0.3, 0.4) is 0 Å². The van der Waals surface area contributed by atoms with Crippen molar-refractivity contribution < 1.29 is 38.3 Å². The van der Waals surface area contributed by atoms with Crippen LogP contribution >= 0.6 is 29.5 Å². The van der Waals surface area contributed by atoms with Gasteiger partial charge in [-0.25, -0.2) is 9.78 Å². The zero-order valence-electron chi connectivity index (χ0n) is 80.2. The molecule has 662 valence electrons. The number of nitrogens with two attached hydrogens (primary N) is 1. The fraction of sp³-hybridized carbons (Fsp3) is 0.584. The number of imide groups is 1. The quantitative estimate of drug-likeness (QED) is 0.0153. The van der Waals surface area contributed by atoms with E-state index in [-0.39, 0.29) is 57.7 Å². The first-order valence-electron chi connectivity index (χ1n) is 41.9. The molecule has 3 heterocycles. The number of Topliss-reactive ketones (excluding diaryl/α,β-unsaturated/α-hetero) is 1. The van der Waals surface area contributed by atoms with Crippen LogP contribution in [0, 0.1) is 73.9 Å². The molecule has 3 aromatic carbocycles. The SMILES string of the molecule is C#CC(C)(C)C.C=C/C=C\C(C)(C)C.C=CC(C)(C)C.CC(C)(C)C.CC(C)(C)C1CCC2CC(=O)NC21.CC(C)(C)NC(=O)C1CCC(CN2C(=O)C=CC2=O)CC1.CC(C)(C)SSc1ccccn1.CC=CC(C)(C)C.CCC(=O)NC(C)(C)C.CN.COC(=O)c1ccc(C(=O)C(C)(C)C)cc1P(c1ccccc1)c1ccccc1. The van der Waals surface area contributed by atoms with E-state index in [9.17, 15) is 33.6 Å². The van der Waals surface area contributed by atoms with Crippen LogP contribution in [0.1, 0.15) is 301 Å². The molecule has 0 radical (unpaired) electrons. The molecular formula is C101H163N6O8PS2. The number of allylic oxidation sites excluding steroid dienone is 6. The van der Waals surface area contributed by atoms with Crippen LogP contribution in [0.4, 0.5) is 0 Å². The van der Waals surface area contributed by atoms with Gasteiger partial charge in [-0.1, -0.05) is 286 Å². The van der Waals surface area contributed by atoms with E-state index in [4.69, 9.17) is 11.2 Å². The van der Waals surface area contributed by atoms with E-state index >= 15 is 0 Å². The van der Waals surface area contributed by atoms with Gasteiger partial charge in [0.1, 0.15) is 5.03 Å². The second-order valence-electron chi connectivity index (χ2n) is 40.9. The molecule has 0 spiro atoms. The summed E-state index contributed by atoms with van der Waals surface area (Å²) in [6.07, 6.45) is 28.9. The topological polar surface area (TPSA) is 207 Å². The first kappa shape index (κ1) is 115. The molecule has 4 aliphatic rings. The van der Waals surface area contributed by atoms with Crippen molar-refractivity contribution in [1.82, 2.24) is 25.8 Å². The van der Waals surface area contributed by atoms with Crippen molar-refractivity contribution >= 4 is 86.7 Å². The Bertz CT molecular complexity index is 3680. The third kappa shape index (κ3) is 57.1. The van der Waals surface area contributed by atoms with E-state index in [1.54, 1.807) is 29.0 Å². The smallest absolute Gasteiger partial charge is 0.338 e. The molecule has 14 nitrogen and oxygen atoms in total. The summed E-state index contributed by atoms with van der Waals surface area (Å²) < 4.78 is 5.35. The third-order valence-corrected chi connectivity index (χ3v) is 22.4. The van der Waals surface area contributed by atoms with Crippen LogP contribution in [0.5, 0.6) is 0 Å². The molecular weight excluding hydrogens is 1520 g/mol. The maximum Gasteiger partial charge on any atom is 0.338 e. The molecule has 5 N–H and O–H groups in total. The van der Waals surface area contributed by atoms with Gasteiger partial charge >= 0.3 is 5.97 Å². The molecule has 2 aliphatic heterocycles. The molecule has 2 saturated carbocycles. The maximum atomic E-state index is 13.0. The highest BCUT2D eigenvalue weighted by molar-refractivity contribution is 8.77. The number of fused-ring (bicyclic) bond motifs is 1. The number of ether oxygens (including phenoxy) is 1. The zero-order valence-corrected chi connectivity index (χ0v) is 82.7. The van der Waals surface area contributed by atoms with Crippen LogP contribution in [-0.4, -0.2) is 93.7 Å². The minimum atomic E-state index is -1.03. The summed E-state index contributed by atoms with van der Waals surface area (Å²) in [5, 5.41) is 13.1. The number of hydrogen-bond donors (Lipinski definition) is 4. The van der Waals surface area contributed by atoms with Crippen molar-refractivity contribution in [1.29, 1.82) is 0 Å².